The Labute approximate surface area is 281 Å². The number of fused-ring (bicyclic) bond motifs is 11. The van der Waals surface area contributed by atoms with Crippen LogP contribution in [0.1, 0.15) is 22.3 Å². The zero-order valence-electron chi connectivity index (χ0n) is 26.3. The summed E-state index contributed by atoms with van der Waals surface area (Å²) in [5.74, 6) is 0. The van der Waals surface area contributed by atoms with E-state index in [9.17, 15) is 0 Å². The summed E-state index contributed by atoms with van der Waals surface area (Å²) in [4.78, 5) is 2.38. The molecule has 0 aromatic heterocycles. The highest BCUT2D eigenvalue weighted by molar-refractivity contribution is 5.96. The molecule has 0 aliphatic heterocycles. The summed E-state index contributed by atoms with van der Waals surface area (Å²) in [5, 5.41) is 2.52. The van der Waals surface area contributed by atoms with Crippen molar-refractivity contribution < 1.29 is 0 Å². The van der Waals surface area contributed by atoms with Crippen LogP contribution >= 0.6 is 0 Å². The molecule has 8 aromatic rings. The fourth-order valence-electron chi connectivity index (χ4n) is 8.42. The van der Waals surface area contributed by atoms with Gasteiger partial charge in [0.25, 0.3) is 0 Å². The molecular formula is C47H31N. The second kappa shape index (κ2) is 10.4. The maximum absolute atomic E-state index is 2.41. The summed E-state index contributed by atoms with van der Waals surface area (Å²) in [7, 11) is 0. The molecule has 1 heteroatoms. The van der Waals surface area contributed by atoms with Gasteiger partial charge in [0.2, 0.25) is 0 Å². The molecule has 2 aliphatic rings. The second-order valence-electron chi connectivity index (χ2n) is 12.9. The van der Waals surface area contributed by atoms with Crippen molar-refractivity contribution in [3.05, 3.63) is 210 Å². The minimum Gasteiger partial charge on any atom is -0.310 e. The molecule has 0 atom stereocenters. The Morgan fingerprint density at radius 2 is 0.771 bits per heavy atom. The summed E-state index contributed by atoms with van der Waals surface area (Å²) in [5.41, 5.74) is 16.2. The number of hydrogen-bond donors (Lipinski definition) is 0. The molecule has 0 fully saturated rings. The molecule has 2 aliphatic carbocycles. The molecule has 0 N–H and O–H groups in total. The fraction of sp³-hybridized carbons (Fsp3) is 0.0213. The minimum absolute atomic E-state index is 0.337. The van der Waals surface area contributed by atoms with Crippen molar-refractivity contribution in [3.63, 3.8) is 0 Å². The molecule has 0 saturated carbocycles. The van der Waals surface area contributed by atoms with Crippen molar-refractivity contribution in [2.75, 3.05) is 4.90 Å². The van der Waals surface area contributed by atoms with Crippen molar-refractivity contribution in [2.24, 2.45) is 0 Å². The van der Waals surface area contributed by atoms with E-state index in [4.69, 9.17) is 0 Å². The van der Waals surface area contributed by atoms with E-state index >= 15 is 0 Å². The van der Waals surface area contributed by atoms with Gasteiger partial charge in [-0.05, 0) is 109 Å². The first kappa shape index (κ1) is 27.0. The van der Waals surface area contributed by atoms with Gasteiger partial charge in [0, 0.05) is 17.1 Å². The summed E-state index contributed by atoms with van der Waals surface area (Å²) in [6, 6.07) is 69.1. The van der Waals surface area contributed by atoms with Gasteiger partial charge in [-0.1, -0.05) is 146 Å². The first-order valence-electron chi connectivity index (χ1n) is 16.7. The van der Waals surface area contributed by atoms with E-state index in [0.29, 0.717) is 0 Å². The Morgan fingerprint density at radius 3 is 1.44 bits per heavy atom. The van der Waals surface area contributed by atoms with Crippen molar-refractivity contribution in [1.29, 1.82) is 0 Å². The maximum Gasteiger partial charge on any atom is 0.0725 e. The highest BCUT2D eigenvalue weighted by Gasteiger charge is 2.51. The summed E-state index contributed by atoms with van der Waals surface area (Å²) in [6.07, 6.45) is 0. The third-order valence-corrected chi connectivity index (χ3v) is 10.5. The number of anilines is 3. The monoisotopic (exact) mass is 609 g/mol. The van der Waals surface area contributed by atoms with Crippen molar-refractivity contribution in [1.82, 2.24) is 0 Å². The lowest BCUT2D eigenvalue weighted by Gasteiger charge is -2.31. The number of nitrogens with zero attached hydrogens (tertiary/aromatic N) is 1. The van der Waals surface area contributed by atoms with Gasteiger partial charge in [-0.15, -0.1) is 0 Å². The number of para-hydroxylation sites is 1. The largest absolute Gasteiger partial charge is 0.310 e. The van der Waals surface area contributed by atoms with Crippen molar-refractivity contribution >= 4 is 27.8 Å². The fourth-order valence-corrected chi connectivity index (χ4v) is 8.42. The molecule has 10 rings (SSSR count). The van der Waals surface area contributed by atoms with Gasteiger partial charge < -0.3 is 4.90 Å². The van der Waals surface area contributed by atoms with Gasteiger partial charge in [0.1, 0.15) is 0 Å². The van der Waals surface area contributed by atoms with Gasteiger partial charge in [0.05, 0.1) is 5.41 Å². The van der Waals surface area contributed by atoms with Crippen LogP contribution in [-0.2, 0) is 5.41 Å². The molecule has 0 unspecified atom stereocenters. The Bertz CT molecular complexity index is 2460. The molecule has 0 heterocycles. The zero-order valence-corrected chi connectivity index (χ0v) is 26.3. The lowest BCUT2D eigenvalue weighted by atomic mass is 9.70. The lowest BCUT2D eigenvalue weighted by Crippen LogP contribution is -2.25. The van der Waals surface area contributed by atoms with E-state index in [1.54, 1.807) is 0 Å². The van der Waals surface area contributed by atoms with Crippen LogP contribution in [0.25, 0.3) is 44.2 Å². The predicted octanol–water partition coefficient (Wildman–Crippen LogP) is 12.3. The lowest BCUT2D eigenvalue weighted by molar-refractivity contribution is 0.794. The first-order valence-corrected chi connectivity index (χ1v) is 16.7. The van der Waals surface area contributed by atoms with Crippen molar-refractivity contribution in [3.8, 4) is 33.4 Å². The summed E-state index contributed by atoms with van der Waals surface area (Å²) < 4.78 is 0. The van der Waals surface area contributed by atoms with Crippen LogP contribution < -0.4 is 4.90 Å². The Hall–Kier alpha value is -6.18. The predicted molar refractivity (Wildman–Crippen MR) is 200 cm³/mol. The molecule has 48 heavy (non-hydrogen) atoms. The maximum atomic E-state index is 2.41. The van der Waals surface area contributed by atoms with Gasteiger partial charge in [-0.2, -0.15) is 0 Å². The first-order chi connectivity index (χ1) is 23.8. The third-order valence-electron chi connectivity index (χ3n) is 10.5. The summed E-state index contributed by atoms with van der Waals surface area (Å²) >= 11 is 0. The van der Waals surface area contributed by atoms with Crippen LogP contribution in [0.5, 0.6) is 0 Å². The molecule has 1 spiro atoms. The van der Waals surface area contributed by atoms with E-state index in [2.05, 4.69) is 193 Å². The quantitative estimate of drug-likeness (QED) is 0.192. The van der Waals surface area contributed by atoms with E-state index in [1.807, 2.05) is 0 Å². The number of rotatable bonds is 4. The average Bonchev–Trinajstić information content (AvgIpc) is 3.63. The molecule has 0 amide bonds. The summed E-state index contributed by atoms with van der Waals surface area (Å²) in [6.45, 7) is 0. The van der Waals surface area contributed by atoms with E-state index < -0.39 is 0 Å². The second-order valence-corrected chi connectivity index (χ2v) is 12.9. The Balaban J connectivity index is 1.14. The van der Waals surface area contributed by atoms with Gasteiger partial charge in [-0.3, -0.25) is 0 Å². The highest BCUT2D eigenvalue weighted by Crippen LogP contribution is 2.63. The minimum atomic E-state index is -0.337. The third kappa shape index (κ3) is 3.79. The molecule has 0 bridgehead atoms. The number of benzene rings is 8. The molecular weight excluding hydrogens is 579 g/mol. The van der Waals surface area contributed by atoms with Crippen LogP contribution in [0.4, 0.5) is 17.1 Å². The van der Waals surface area contributed by atoms with Gasteiger partial charge in [-0.25, -0.2) is 0 Å². The van der Waals surface area contributed by atoms with Crippen LogP contribution in [-0.4, -0.2) is 0 Å². The normalized spacial score (nSPS) is 13.2. The van der Waals surface area contributed by atoms with Crippen LogP contribution in [0, 0.1) is 0 Å². The Morgan fingerprint density at radius 1 is 0.292 bits per heavy atom. The van der Waals surface area contributed by atoms with Crippen LogP contribution in [0.3, 0.4) is 0 Å². The average molecular weight is 610 g/mol. The van der Waals surface area contributed by atoms with E-state index in [1.165, 1.54) is 66.4 Å². The van der Waals surface area contributed by atoms with Crippen molar-refractivity contribution in [2.45, 2.75) is 5.41 Å². The van der Waals surface area contributed by atoms with E-state index in [0.717, 1.165) is 17.1 Å². The number of hydrogen-bond acceptors (Lipinski definition) is 1. The molecule has 224 valence electrons. The van der Waals surface area contributed by atoms with Gasteiger partial charge >= 0.3 is 0 Å². The van der Waals surface area contributed by atoms with Crippen LogP contribution in [0.15, 0.2) is 188 Å². The Kier molecular flexibility index (Phi) is 5.86. The SMILES string of the molecule is c1ccc(N(c2ccc(-c3ccc4ccccc4c3)cc2)c2ccc3c(c2)-c2ccccc2C32c3ccccc3-c3ccccc32)cc1. The van der Waals surface area contributed by atoms with Crippen LogP contribution in [0.2, 0.25) is 0 Å². The standard InChI is InChI=1S/C47H31N/c1-2-14-36(15-3-1)48(37-26-24-33(25-27-37)35-23-22-32-12-4-5-13-34(32)30-35)38-28-29-46-42(31-38)41-18-8-11-21-45(41)47(46)43-19-9-6-16-39(43)40-17-7-10-20-44(40)47/h1-31H. The highest BCUT2D eigenvalue weighted by atomic mass is 15.1. The zero-order chi connectivity index (χ0) is 31.7. The smallest absolute Gasteiger partial charge is 0.0725 e. The molecule has 8 aromatic carbocycles. The molecule has 1 nitrogen and oxygen atoms in total. The van der Waals surface area contributed by atoms with E-state index in [-0.39, 0.29) is 5.41 Å². The topological polar surface area (TPSA) is 3.24 Å². The van der Waals surface area contributed by atoms with Gasteiger partial charge in [0.15, 0.2) is 0 Å². The molecule has 0 radical (unpaired) electrons. The molecule has 0 saturated heterocycles.